The molecule has 0 bridgehead atoms. The molecule has 0 saturated carbocycles. The fourth-order valence-corrected chi connectivity index (χ4v) is 3.19. The number of halogens is 1. The van der Waals surface area contributed by atoms with Crippen molar-refractivity contribution in [3.63, 3.8) is 0 Å². The highest BCUT2D eigenvalue weighted by Crippen LogP contribution is 2.36. The van der Waals surface area contributed by atoms with Crippen LogP contribution in [0.15, 0.2) is 12.1 Å². The van der Waals surface area contributed by atoms with Crippen LogP contribution in [-0.4, -0.2) is 19.3 Å². The average Bonchev–Trinajstić information content (AvgIpc) is 2.73. The molecule has 3 heteroatoms. The Morgan fingerprint density at radius 2 is 2.16 bits per heavy atom. The summed E-state index contributed by atoms with van der Waals surface area (Å²) in [6.45, 7) is 9.69. The van der Waals surface area contributed by atoms with Gasteiger partial charge in [0.25, 0.3) is 0 Å². The number of hydrogen-bond donors (Lipinski definition) is 1. The van der Waals surface area contributed by atoms with Gasteiger partial charge in [-0.15, -0.1) is 0 Å². The van der Waals surface area contributed by atoms with Gasteiger partial charge in [-0.05, 0) is 50.9 Å². The van der Waals surface area contributed by atoms with Crippen molar-refractivity contribution in [2.24, 2.45) is 5.92 Å². The van der Waals surface area contributed by atoms with E-state index < -0.39 is 0 Å². The molecule has 1 aromatic carbocycles. The molecule has 1 aromatic rings. The molecular formula is C16H24FNO. The van der Waals surface area contributed by atoms with E-state index in [-0.39, 0.29) is 18.0 Å². The quantitative estimate of drug-likeness (QED) is 0.899. The highest BCUT2D eigenvalue weighted by molar-refractivity contribution is 5.35. The summed E-state index contributed by atoms with van der Waals surface area (Å²) >= 11 is 0. The van der Waals surface area contributed by atoms with Crippen molar-refractivity contribution in [3.8, 4) is 0 Å². The Morgan fingerprint density at radius 3 is 2.68 bits per heavy atom. The third-order valence-electron chi connectivity index (χ3n) is 4.08. The molecule has 1 fully saturated rings. The Bertz CT molecular complexity index is 423. The number of nitrogens with one attached hydrogen (secondary N) is 1. The average molecular weight is 265 g/mol. The van der Waals surface area contributed by atoms with E-state index in [1.165, 1.54) is 0 Å². The Balaban J connectivity index is 2.38. The smallest absolute Gasteiger partial charge is 0.128 e. The van der Waals surface area contributed by atoms with Gasteiger partial charge in [0.1, 0.15) is 5.82 Å². The van der Waals surface area contributed by atoms with Crippen molar-refractivity contribution in [3.05, 3.63) is 34.6 Å². The summed E-state index contributed by atoms with van der Waals surface area (Å²) < 4.78 is 20.0. The van der Waals surface area contributed by atoms with Crippen LogP contribution in [0.1, 0.15) is 43.0 Å². The lowest BCUT2D eigenvalue weighted by atomic mass is 9.85. The van der Waals surface area contributed by atoms with Gasteiger partial charge in [-0.1, -0.05) is 13.0 Å². The summed E-state index contributed by atoms with van der Waals surface area (Å²) in [6, 6.07) is 3.74. The molecule has 1 saturated heterocycles. The third kappa shape index (κ3) is 2.98. The van der Waals surface area contributed by atoms with Crippen molar-refractivity contribution in [1.29, 1.82) is 0 Å². The van der Waals surface area contributed by atoms with Crippen molar-refractivity contribution in [2.45, 2.75) is 46.3 Å². The molecule has 3 atom stereocenters. The first-order valence-corrected chi connectivity index (χ1v) is 7.16. The van der Waals surface area contributed by atoms with Crippen molar-refractivity contribution < 1.29 is 9.13 Å². The van der Waals surface area contributed by atoms with Crippen LogP contribution in [0.5, 0.6) is 0 Å². The van der Waals surface area contributed by atoms with Gasteiger partial charge in [0.15, 0.2) is 0 Å². The minimum Gasteiger partial charge on any atom is -0.378 e. The molecule has 0 spiro atoms. The minimum atomic E-state index is -0.0949. The van der Waals surface area contributed by atoms with Crippen molar-refractivity contribution in [1.82, 2.24) is 5.32 Å². The van der Waals surface area contributed by atoms with Gasteiger partial charge in [0.2, 0.25) is 0 Å². The SMILES string of the molecule is CCNC(c1c(C)cc(C)cc1F)C1CCOC1C. The van der Waals surface area contributed by atoms with E-state index in [1.54, 1.807) is 6.07 Å². The van der Waals surface area contributed by atoms with E-state index >= 15 is 0 Å². The number of aryl methyl sites for hydroxylation is 2. The van der Waals surface area contributed by atoms with Gasteiger partial charge in [0, 0.05) is 24.1 Å². The van der Waals surface area contributed by atoms with E-state index in [4.69, 9.17) is 4.74 Å². The van der Waals surface area contributed by atoms with Gasteiger partial charge in [-0.25, -0.2) is 4.39 Å². The van der Waals surface area contributed by atoms with E-state index in [0.29, 0.717) is 5.92 Å². The summed E-state index contributed by atoms with van der Waals surface area (Å²) in [7, 11) is 0. The second-order valence-corrected chi connectivity index (χ2v) is 5.54. The lowest BCUT2D eigenvalue weighted by Gasteiger charge is -2.29. The summed E-state index contributed by atoms with van der Waals surface area (Å²) in [5, 5.41) is 3.45. The normalized spacial score (nSPS) is 24.7. The van der Waals surface area contributed by atoms with Crippen molar-refractivity contribution >= 4 is 0 Å². The molecule has 2 rings (SSSR count). The topological polar surface area (TPSA) is 21.3 Å². The number of rotatable bonds is 4. The number of benzene rings is 1. The number of hydrogen-bond acceptors (Lipinski definition) is 2. The molecule has 19 heavy (non-hydrogen) atoms. The number of ether oxygens (including phenoxy) is 1. The van der Waals surface area contributed by atoms with Gasteiger partial charge in [-0.3, -0.25) is 0 Å². The fraction of sp³-hybridized carbons (Fsp3) is 0.625. The van der Waals surface area contributed by atoms with Crippen LogP contribution < -0.4 is 5.32 Å². The molecule has 1 aliphatic heterocycles. The maximum atomic E-state index is 14.4. The predicted molar refractivity (Wildman–Crippen MR) is 75.8 cm³/mol. The first kappa shape index (κ1) is 14.5. The molecule has 0 aliphatic carbocycles. The zero-order valence-corrected chi connectivity index (χ0v) is 12.3. The second-order valence-electron chi connectivity index (χ2n) is 5.54. The molecule has 1 N–H and O–H groups in total. The van der Waals surface area contributed by atoms with Crippen LogP contribution in [0.4, 0.5) is 4.39 Å². The Hall–Kier alpha value is -0.930. The van der Waals surface area contributed by atoms with Gasteiger partial charge < -0.3 is 10.1 Å². The molecule has 106 valence electrons. The highest BCUT2D eigenvalue weighted by atomic mass is 19.1. The summed E-state index contributed by atoms with van der Waals surface area (Å²) in [5.41, 5.74) is 2.82. The van der Waals surface area contributed by atoms with E-state index in [1.807, 2.05) is 13.8 Å². The van der Waals surface area contributed by atoms with Gasteiger partial charge >= 0.3 is 0 Å². The fourth-order valence-electron chi connectivity index (χ4n) is 3.19. The Labute approximate surface area is 115 Å². The molecule has 2 nitrogen and oxygen atoms in total. The largest absolute Gasteiger partial charge is 0.378 e. The van der Waals surface area contributed by atoms with Crippen LogP contribution in [0.25, 0.3) is 0 Å². The van der Waals surface area contributed by atoms with Gasteiger partial charge in [-0.2, -0.15) is 0 Å². The summed E-state index contributed by atoms with van der Waals surface area (Å²) in [5.74, 6) is 0.249. The molecule has 0 aromatic heterocycles. The molecular weight excluding hydrogens is 241 g/mol. The summed E-state index contributed by atoms with van der Waals surface area (Å²) in [4.78, 5) is 0. The lowest BCUT2D eigenvalue weighted by Crippen LogP contribution is -2.33. The van der Waals surface area contributed by atoms with Crippen LogP contribution in [0.3, 0.4) is 0 Å². The zero-order valence-electron chi connectivity index (χ0n) is 12.3. The van der Waals surface area contributed by atoms with Gasteiger partial charge in [0.05, 0.1) is 6.10 Å². The second kappa shape index (κ2) is 6.02. The van der Waals surface area contributed by atoms with Crippen LogP contribution in [0.2, 0.25) is 0 Å². The van der Waals surface area contributed by atoms with E-state index in [9.17, 15) is 4.39 Å². The minimum absolute atomic E-state index is 0.0445. The molecule has 1 heterocycles. The molecule has 0 amide bonds. The van der Waals surface area contributed by atoms with Crippen LogP contribution in [-0.2, 0) is 4.74 Å². The third-order valence-corrected chi connectivity index (χ3v) is 4.08. The highest BCUT2D eigenvalue weighted by Gasteiger charge is 2.34. The zero-order chi connectivity index (χ0) is 14.0. The van der Waals surface area contributed by atoms with Crippen molar-refractivity contribution in [2.75, 3.05) is 13.2 Å². The Kier molecular flexibility index (Phi) is 4.58. The molecule has 0 radical (unpaired) electrons. The molecule has 1 aliphatic rings. The molecule has 3 unspecified atom stereocenters. The maximum Gasteiger partial charge on any atom is 0.128 e. The Morgan fingerprint density at radius 1 is 1.42 bits per heavy atom. The first-order valence-electron chi connectivity index (χ1n) is 7.16. The van der Waals surface area contributed by atoms with E-state index in [0.717, 1.165) is 36.3 Å². The lowest BCUT2D eigenvalue weighted by molar-refractivity contribution is 0.0951. The first-order chi connectivity index (χ1) is 9.04. The van der Waals surface area contributed by atoms with Crippen LogP contribution in [0, 0.1) is 25.6 Å². The van der Waals surface area contributed by atoms with Crippen LogP contribution >= 0.6 is 0 Å². The maximum absolute atomic E-state index is 14.4. The standard InChI is InChI=1S/C16H24FNO/c1-5-18-16(13-6-7-19-12(13)4)15-11(3)8-10(2)9-14(15)17/h8-9,12-13,16,18H,5-7H2,1-4H3. The predicted octanol–water partition coefficient (Wildman–Crippen LogP) is 3.52. The monoisotopic (exact) mass is 265 g/mol. The summed E-state index contributed by atoms with van der Waals surface area (Å²) in [6.07, 6.45) is 1.18. The van der Waals surface area contributed by atoms with E-state index in [2.05, 4.69) is 25.2 Å².